The molecule has 1 heterocycles. The number of benzene rings is 1. The van der Waals surface area contributed by atoms with Crippen molar-refractivity contribution >= 4 is 10.9 Å². The lowest BCUT2D eigenvalue weighted by Gasteiger charge is -1.91. The summed E-state index contributed by atoms with van der Waals surface area (Å²) in [5.41, 5.74) is 1.06. The molecule has 2 rings (SSSR count). The van der Waals surface area contributed by atoms with E-state index >= 15 is 0 Å². The smallest absolute Gasteiger partial charge is 0.0701 e. The molecule has 0 unspecified atom stereocenters. The number of hydrogen-bond donors (Lipinski definition) is 0. The summed E-state index contributed by atoms with van der Waals surface area (Å²) in [6, 6.07) is 12.1. The van der Waals surface area contributed by atoms with Crippen molar-refractivity contribution in [2.45, 2.75) is 55.4 Å². The number of pyridine rings is 1. The predicted octanol–water partition coefficient (Wildman–Crippen LogP) is 6.34. The number of para-hydroxylation sites is 1. The van der Waals surface area contributed by atoms with Gasteiger partial charge in [-0.25, -0.2) is 0 Å². The fraction of sp³-hybridized carbons (Fsp3) is 0.471. The molecule has 0 saturated heterocycles. The van der Waals surface area contributed by atoms with Gasteiger partial charge >= 0.3 is 0 Å². The molecule has 0 N–H and O–H groups in total. The van der Waals surface area contributed by atoms with E-state index < -0.39 is 0 Å². The van der Waals surface area contributed by atoms with E-state index in [-0.39, 0.29) is 0 Å². The number of nitrogens with zero attached hydrogens (tertiary/aromatic N) is 1. The highest BCUT2D eigenvalue weighted by Crippen LogP contribution is 2.07. The van der Waals surface area contributed by atoms with Gasteiger partial charge < -0.3 is 0 Å². The molecule has 0 amide bonds. The molecule has 2 aromatic rings. The van der Waals surface area contributed by atoms with E-state index in [4.69, 9.17) is 0 Å². The monoisotopic (exact) mass is 249 g/mol. The summed E-state index contributed by atoms with van der Waals surface area (Å²) >= 11 is 0. The highest BCUT2D eigenvalue weighted by atomic mass is 14.6. The van der Waals surface area contributed by atoms with Crippen molar-refractivity contribution in [2.75, 3.05) is 0 Å². The molecule has 1 aromatic carbocycles. The molecule has 0 fully saturated rings. The van der Waals surface area contributed by atoms with Crippen molar-refractivity contribution in [2.24, 2.45) is 0 Å². The van der Waals surface area contributed by atoms with Crippen LogP contribution in [0.3, 0.4) is 0 Å². The summed E-state index contributed by atoms with van der Waals surface area (Å²) in [6.45, 7) is 16.0. The molecule has 0 radical (unpaired) electrons. The molecule has 0 bridgehead atoms. The minimum absolute atomic E-state index is 1.06. The SMILES string of the molecule is CC.CC.CC.CC.c1ccc2ncccc2c1. The Morgan fingerprint density at radius 3 is 1.56 bits per heavy atom. The first-order chi connectivity index (χ1) is 8.97. The van der Waals surface area contributed by atoms with Crippen molar-refractivity contribution in [3.8, 4) is 0 Å². The van der Waals surface area contributed by atoms with Crippen LogP contribution in [-0.2, 0) is 0 Å². The van der Waals surface area contributed by atoms with E-state index in [1.54, 1.807) is 0 Å². The molecule has 0 aliphatic carbocycles. The second kappa shape index (κ2) is 21.0. The minimum Gasteiger partial charge on any atom is -0.256 e. The van der Waals surface area contributed by atoms with Gasteiger partial charge in [0.2, 0.25) is 0 Å². The van der Waals surface area contributed by atoms with Crippen LogP contribution < -0.4 is 0 Å². The van der Waals surface area contributed by atoms with Crippen LogP contribution in [0.25, 0.3) is 10.9 Å². The normalized spacial score (nSPS) is 6.89. The Morgan fingerprint density at radius 1 is 0.611 bits per heavy atom. The molecule has 104 valence electrons. The van der Waals surface area contributed by atoms with Crippen LogP contribution >= 0.6 is 0 Å². The zero-order valence-corrected chi connectivity index (χ0v) is 13.5. The first-order valence-corrected chi connectivity index (χ1v) is 7.26. The Morgan fingerprint density at radius 2 is 1.06 bits per heavy atom. The topological polar surface area (TPSA) is 12.9 Å². The van der Waals surface area contributed by atoms with E-state index in [0.717, 1.165) is 5.52 Å². The number of hydrogen-bond acceptors (Lipinski definition) is 1. The maximum Gasteiger partial charge on any atom is 0.0701 e. The van der Waals surface area contributed by atoms with E-state index in [1.807, 2.05) is 85.9 Å². The van der Waals surface area contributed by atoms with Gasteiger partial charge in [-0.15, -0.1) is 0 Å². The van der Waals surface area contributed by atoms with Gasteiger partial charge in [0, 0.05) is 11.6 Å². The van der Waals surface area contributed by atoms with E-state index in [9.17, 15) is 0 Å². The van der Waals surface area contributed by atoms with Gasteiger partial charge in [-0.1, -0.05) is 79.7 Å². The predicted molar refractivity (Wildman–Crippen MR) is 87.1 cm³/mol. The van der Waals surface area contributed by atoms with Crippen LogP contribution in [-0.4, -0.2) is 4.98 Å². The van der Waals surface area contributed by atoms with Gasteiger partial charge in [0.1, 0.15) is 0 Å². The molecular weight excluding hydrogens is 218 g/mol. The summed E-state index contributed by atoms with van der Waals surface area (Å²) in [4.78, 5) is 4.18. The molecule has 0 aliphatic rings. The highest BCUT2D eigenvalue weighted by Gasteiger charge is 1.86. The third kappa shape index (κ3) is 9.83. The maximum absolute atomic E-state index is 4.18. The van der Waals surface area contributed by atoms with Crippen LogP contribution in [0, 0.1) is 0 Å². The Balaban J connectivity index is -0.000000244. The van der Waals surface area contributed by atoms with Crippen molar-refractivity contribution in [1.82, 2.24) is 4.98 Å². The zero-order valence-electron chi connectivity index (χ0n) is 13.5. The lowest BCUT2D eigenvalue weighted by atomic mass is 10.2. The van der Waals surface area contributed by atoms with E-state index in [2.05, 4.69) is 17.1 Å². The largest absolute Gasteiger partial charge is 0.256 e. The third-order valence-corrected chi connectivity index (χ3v) is 1.51. The zero-order chi connectivity index (χ0) is 14.8. The maximum atomic E-state index is 4.18. The van der Waals surface area contributed by atoms with E-state index in [1.165, 1.54) is 5.39 Å². The standard InChI is InChI=1S/C9H7N.4C2H6/c1-2-6-9-8(4-1)5-3-7-10-9;4*1-2/h1-7H;4*1-2H3. The Kier molecular flexibility index (Phi) is 25.5. The van der Waals surface area contributed by atoms with Crippen LogP contribution in [0.4, 0.5) is 0 Å². The second-order valence-corrected chi connectivity index (χ2v) is 2.20. The molecule has 1 aromatic heterocycles. The van der Waals surface area contributed by atoms with Crippen molar-refractivity contribution in [3.63, 3.8) is 0 Å². The van der Waals surface area contributed by atoms with Gasteiger partial charge in [-0.2, -0.15) is 0 Å². The highest BCUT2D eigenvalue weighted by molar-refractivity contribution is 5.77. The quantitative estimate of drug-likeness (QED) is 0.531. The summed E-state index contributed by atoms with van der Waals surface area (Å²) in [6.07, 6.45) is 1.81. The molecule has 1 nitrogen and oxygen atoms in total. The Labute approximate surface area is 114 Å². The second-order valence-electron chi connectivity index (χ2n) is 2.20. The lowest BCUT2D eigenvalue weighted by Crippen LogP contribution is -1.73. The molecule has 0 atom stereocenters. The fourth-order valence-electron chi connectivity index (χ4n) is 1.02. The molecule has 18 heavy (non-hydrogen) atoms. The molecule has 1 heteroatoms. The lowest BCUT2D eigenvalue weighted by molar-refractivity contribution is 1.41. The van der Waals surface area contributed by atoms with Gasteiger partial charge in [0.05, 0.1) is 5.52 Å². The van der Waals surface area contributed by atoms with E-state index in [0.29, 0.717) is 0 Å². The Bertz CT molecular complexity index is 277. The Hall–Kier alpha value is -1.37. The van der Waals surface area contributed by atoms with Crippen LogP contribution in [0.15, 0.2) is 42.6 Å². The van der Waals surface area contributed by atoms with Crippen LogP contribution in [0.5, 0.6) is 0 Å². The van der Waals surface area contributed by atoms with Crippen molar-refractivity contribution in [1.29, 1.82) is 0 Å². The first-order valence-electron chi connectivity index (χ1n) is 7.26. The van der Waals surface area contributed by atoms with Crippen molar-refractivity contribution < 1.29 is 0 Å². The van der Waals surface area contributed by atoms with Gasteiger partial charge in [-0.3, -0.25) is 4.98 Å². The van der Waals surface area contributed by atoms with Gasteiger partial charge in [0.15, 0.2) is 0 Å². The van der Waals surface area contributed by atoms with Gasteiger partial charge in [0.25, 0.3) is 0 Å². The van der Waals surface area contributed by atoms with Crippen LogP contribution in [0.2, 0.25) is 0 Å². The number of aromatic nitrogens is 1. The minimum atomic E-state index is 1.06. The average molecular weight is 249 g/mol. The van der Waals surface area contributed by atoms with Crippen molar-refractivity contribution in [3.05, 3.63) is 42.6 Å². The summed E-state index contributed by atoms with van der Waals surface area (Å²) in [5.74, 6) is 0. The average Bonchev–Trinajstić information content (AvgIpc) is 2.55. The molecule has 0 aliphatic heterocycles. The molecule has 0 spiro atoms. The summed E-state index contributed by atoms with van der Waals surface area (Å²) < 4.78 is 0. The molecule has 0 saturated carbocycles. The molecular formula is C17H31N. The number of rotatable bonds is 0. The number of fused-ring (bicyclic) bond motifs is 1. The third-order valence-electron chi connectivity index (χ3n) is 1.51. The van der Waals surface area contributed by atoms with Gasteiger partial charge in [-0.05, 0) is 12.1 Å². The fourth-order valence-corrected chi connectivity index (χ4v) is 1.02. The van der Waals surface area contributed by atoms with Crippen LogP contribution in [0.1, 0.15) is 55.4 Å². The first kappa shape index (κ1) is 21.9. The summed E-state index contributed by atoms with van der Waals surface area (Å²) in [5, 5.41) is 1.20. The summed E-state index contributed by atoms with van der Waals surface area (Å²) in [7, 11) is 0.